The predicted octanol–water partition coefficient (Wildman–Crippen LogP) is 2.09. The van der Waals surface area contributed by atoms with Gasteiger partial charge in [0.25, 0.3) is 5.91 Å². The van der Waals surface area contributed by atoms with E-state index in [2.05, 4.69) is 9.97 Å². The van der Waals surface area contributed by atoms with Crippen molar-refractivity contribution in [1.82, 2.24) is 15.3 Å². The third kappa shape index (κ3) is 4.89. The molecule has 0 bridgehead atoms. The molecule has 0 spiro atoms. The number of rotatable bonds is 6. The van der Waals surface area contributed by atoms with Crippen molar-refractivity contribution in [2.45, 2.75) is 38.7 Å². The Morgan fingerprint density at radius 3 is 2.52 bits per heavy atom. The molecule has 0 fully saturated rings. The SMILES string of the molecule is CC(C)c1ncc(Cl)c(C(=O)NC(CC(F)F)C(=O)O)n1. The van der Waals surface area contributed by atoms with Crippen molar-refractivity contribution in [1.29, 1.82) is 0 Å². The maximum Gasteiger partial charge on any atom is 0.326 e. The summed E-state index contributed by atoms with van der Waals surface area (Å²) in [7, 11) is 0. The topological polar surface area (TPSA) is 92.2 Å². The van der Waals surface area contributed by atoms with Crippen LogP contribution in [0.2, 0.25) is 5.02 Å². The number of nitrogens with one attached hydrogen (secondary N) is 1. The molecule has 6 nitrogen and oxygen atoms in total. The molecular weight excluding hydrogens is 308 g/mol. The first kappa shape index (κ1) is 17.2. The second kappa shape index (κ2) is 7.26. The minimum absolute atomic E-state index is 0.0786. The Hall–Kier alpha value is -1.83. The molecule has 2 N–H and O–H groups in total. The van der Waals surface area contributed by atoms with Crippen molar-refractivity contribution in [3.8, 4) is 0 Å². The molecule has 1 aromatic heterocycles. The van der Waals surface area contributed by atoms with Crippen LogP contribution < -0.4 is 5.32 Å². The Bertz CT molecular complexity index is 540. The number of amides is 1. The largest absolute Gasteiger partial charge is 0.480 e. The van der Waals surface area contributed by atoms with Crippen LogP contribution >= 0.6 is 11.6 Å². The lowest BCUT2D eigenvalue weighted by Gasteiger charge is -2.14. The van der Waals surface area contributed by atoms with Crippen LogP contribution in [0.3, 0.4) is 0 Å². The molecule has 1 atom stereocenters. The van der Waals surface area contributed by atoms with Gasteiger partial charge in [-0.05, 0) is 0 Å². The van der Waals surface area contributed by atoms with Crippen LogP contribution in [-0.4, -0.2) is 39.4 Å². The molecule has 1 aromatic rings. The smallest absolute Gasteiger partial charge is 0.326 e. The van der Waals surface area contributed by atoms with E-state index in [4.69, 9.17) is 16.7 Å². The van der Waals surface area contributed by atoms with E-state index >= 15 is 0 Å². The molecule has 0 aliphatic rings. The van der Waals surface area contributed by atoms with Gasteiger partial charge in [-0.25, -0.2) is 23.5 Å². The van der Waals surface area contributed by atoms with Crippen molar-refractivity contribution >= 4 is 23.5 Å². The number of alkyl halides is 2. The molecule has 1 rings (SSSR count). The maximum atomic E-state index is 12.3. The van der Waals surface area contributed by atoms with Gasteiger partial charge in [-0.3, -0.25) is 4.79 Å². The first-order valence-corrected chi connectivity index (χ1v) is 6.44. The van der Waals surface area contributed by atoms with Crippen LogP contribution in [0.5, 0.6) is 0 Å². The van der Waals surface area contributed by atoms with Crippen LogP contribution in [0, 0.1) is 0 Å². The molecule has 0 saturated heterocycles. The van der Waals surface area contributed by atoms with Crippen molar-refractivity contribution in [2.75, 3.05) is 0 Å². The molecule has 0 saturated carbocycles. The quantitative estimate of drug-likeness (QED) is 0.837. The van der Waals surface area contributed by atoms with Crippen molar-refractivity contribution in [2.24, 2.45) is 0 Å². The standard InChI is InChI=1S/C12H14ClF2N3O3/c1-5(2)10-16-4-6(13)9(18-10)11(19)17-7(12(20)21)3-8(14)15/h4-5,7-8H,3H2,1-2H3,(H,17,19)(H,20,21). The number of carboxylic acids is 1. The van der Waals surface area contributed by atoms with E-state index in [9.17, 15) is 18.4 Å². The van der Waals surface area contributed by atoms with Gasteiger partial charge < -0.3 is 10.4 Å². The van der Waals surface area contributed by atoms with E-state index in [0.29, 0.717) is 5.82 Å². The summed E-state index contributed by atoms with van der Waals surface area (Å²) in [4.78, 5) is 30.6. The Morgan fingerprint density at radius 1 is 1.43 bits per heavy atom. The fourth-order valence-electron chi connectivity index (χ4n) is 1.44. The van der Waals surface area contributed by atoms with Gasteiger partial charge in [0.05, 0.1) is 11.2 Å². The summed E-state index contributed by atoms with van der Waals surface area (Å²) >= 11 is 5.78. The van der Waals surface area contributed by atoms with Gasteiger partial charge >= 0.3 is 5.97 Å². The minimum atomic E-state index is -2.86. The monoisotopic (exact) mass is 321 g/mol. The summed E-state index contributed by atoms with van der Waals surface area (Å²) in [6.07, 6.45) is -2.65. The molecule has 1 unspecified atom stereocenters. The molecule has 0 aliphatic heterocycles. The maximum absolute atomic E-state index is 12.3. The first-order chi connectivity index (χ1) is 9.72. The highest BCUT2D eigenvalue weighted by Gasteiger charge is 2.26. The second-order valence-electron chi connectivity index (χ2n) is 4.57. The average molecular weight is 322 g/mol. The van der Waals surface area contributed by atoms with Gasteiger partial charge in [0, 0.05) is 12.3 Å². The summed E-state index contributed by atoms with van der Waals surface area (Å²) in [5.74, 6) is -2.23. The Labute approximate surface area is 124 Å². The summed E-state index contributed by atoms with van der Waals surface area (Å²) in [6.45, 7) is 3.59. The van der Waals surface area contributed by atoms with Gasteiger partial charge in [-0.2, -0.15) is 0 Å². The average Bonchev–Trinajstić information content (AvgIpc) is 2.37. The van der Waals surface area contributed by atoms with Gasteiger partial charge in [-0.15, -0.1) is 0 Å². The first-order valence-electron chi connectivity index (χ1n) is 6.06. The highest BCUT2D eigenvalue weighted by molar-refractivity contribution is 6.33. The van der Waals surface area contributed by atoms with E-state index < -0.39 is 30.8 Å². The molecule has 21 heavy (non-hydrogen) atoms. The van der Waals surface area contributed by atoms with Crippen LogP contribution in [0.4, 0.5) is 8.78 Å². The van der Waals surface area contributed by atoms with Crippen LogP contribution in [0.1, 0.15) is 42.5 Å². The zero-order valence-corrected chi connectivity index (χ0v) is 12.1. The summed E-state index contributed by atoms with van der Waals surface area (Å²) < 4.78 is 24.6. The number of carbonyl (C=O) groups excluding carboxylic acids is 1. The summed E-state index contributed by atoms with van der Waals surface area (Å²) in [5, 5.41) is 10.7. The number of halogens is 3. The van der Waals surface area contributed by atoms with Crippen molar-refractivity contribution in [3.05, 3.63) is 22.7 Å². The molecule has 0 aliphatic carbocycles. The lowest BCUT2D eigenvalue weighted by molar-refractivity contribution is -0.140. The van der Waals surface area contributed by atoms with Crippen molar-refractivity contribution < 1.29 is 23.5 Å². The van der Waals surface area contributed by atoms with E-state index in [1.165, 1.54) is 6.20 Å². The summed E-state index contributed by atoms with van der Waals surface area (Å²) in [5.41, 5.74) is -0.240. The number of nitrogens with zero attached hydrogens (tertiary/aromatic N) is 2. The lowest BCUT2D eigenvalue weighted by atomic mass is 10.2. The molecule has 0 aromatic carbocycles. The van der Waals surface area contributed by atoms with Gasteiger partial charge in [-0.1, -0.05) is 25.4 Å². The highest BCUT2D eigenvalue weighted by Crippen LogP contribution is 2.16. The molecule has 116 valence electrons. The predicted molar refractivity (Wildman–Crippen MR) is 70.6 cm³/mol. The summed E-state index contributed by atoms with van der Waals surface area (Å²) in [6, 6.07) is -1.72. The second-order valence-corrected chi connectivity index (χ2v) is 4.98. The molecule has 1 amide bonds. The number of carbonyl (C=O) groups is 2. The van der Waals surface area contributed by atoms with E-state index in [1.54, 1.807) is 13.8 Å². The third-order valence-corrected chi connectivity index (χ3v) is 2.79. The fraction of sp³-hybridized carbons (Fsp3) is 0.500. The number of carboxylic acid groups (broad SMARTS) is 1. The van der Waals surface area contributed by atoms with Gasteiger partial charge in [0.15, 0.2) is 0 Å². The zero-order chi connectivity index (χ0) is 16.2. The van der Waals surface area contributed by atoms with E-state index in [1.807, 2.05) is 5.32 Å². The number of aromatic nitrogens is 2. The van der Waals surface area contributed by atoms with Crippen LogP contribution in [-0.2, 0) is 4.79 Å². The van der Waals surface area contributed by atoms with Gasteiger partial charge in [0.1, 0.15) is 17.6 Å². The zero-order valence-electron chi connectivity index (χ0n) is 11.3. The molecule has 0 radical (unpaired) electrons. The normalized spacial score (nSPS) is 12.5. The van der Waals surface area contributed by atoms with E-state index in [-0.39, 0.29) is 16.6 Å². The number of hydrogen-bond acceptors (Lipinski definition) is 4. The van der Waals surface area contributed by atoms with E-state index in [0.717, 1.165) is 0 Å². The number of aliphatic carboxylic acids is 1. The minimum Gasteiger partial charge on any atom is -0.480 e. The fourth-order valence-corrected chi connectivity index (χ4v) is 1.62. The van der Waals surface area contributed by atoms with Crippen LogP contribution in [0.25, 0.3) is 0 Å². The van der Waals surface area contributed by atoms with Crippen molar-refractivity contribution in [3.63, 3.8) is 0 Å². The lowest BCUT2D eigenvalue weighted by Crippen LogP contribution is -2.42. The van der Waals surface area contributed by atoms with Crippen LogP contribution in [0.15, 0.2) is 6.20 Å². The third-order valence-electron chi connectivity index (χ3n) is 2.51. The highest BCUT2D eigenvalue weighted by atomic mass is 35.5. The Balaban J connectivity index is 2.97. The molecule has 9 heteroatoms. The van der Waals surface area contributed by atoms with Gasteiger partial charge in [0.2, 0.25) is 6.43 Å². The molecule has 1 heterocycles. The number of hydrogen-bond donors (Lipinski definition) is 2. The Morgan fingerprint density at radius 2 is 2.05 bits per heavy atom. The molecular formula is C12H14ClF2N3O3. The Kier molecular flexibility index (Phi) is 5.95.